The summed E-state index contributed by atoms with van der Waals surface area (Å²) < 4.78 is 13.3. The first-order valence-corrected chi connectivity index (χ1v) is 9.57. The molecule has 0 radical (unpaired) electrons. The molecule has 1 aromatic carbocycles. The zero-order valence-corrected chi connectivity index (χ0v) is 16.0. The Morgan fingerprint density at radius 3 is 2.23 bits per heavy atom. The Bertz CT molecular complexity index is 660. The van der Waals surface area contributed by atoms with Gasteiger partial charge in [0.05, 0.1) is 5.92 Å². The van der Waals surface area contributed by atoms with Crippen LogP contribution in [0.2, 0.25) is 0 Å². The van der Waals surface area contributed by atoms with Crippen molar-refractivity contribution in [3.05, 3.63) is 35.6 Å². The number of carbonyl (C=O) groups excluding carboxylic acids is 2. The molecule has 2 atom stereocenters. The Balaban J connectivity index is 1.81. The summed E-state index contributed by atoms with van der Waals surface area (Å²) in [6, 6.07) is 6.38. The minimum absolute atomic E-state index is 0.0624. The number of amides is 2. The molecule has 0 aromatic heterocycles. The summed E-state index contributed by atoms with van der Waals surface area (Å²) in [5.74, 6) is -0.339. The van der Waals surface area contributed by atoms with Crippen molar-refractivity contribution in [3.8, 4) is 0 Å². The van der Waals surface area contributed by atoms with Crippen molar-refractivity contribution in [2.24, 2.45) is 11.3 Å². The van der Waals surface area contributed by atoms with Crippen molar-refractivity contribution in [2.75, 3.05) is 26.2 Å². The second-order valence-corrected chi connectivity index (χ2v) is 8.83. The smallest absolute Gasteiger partial charge is 0.228 e. The number of carbonyl (C=O) groups is 2. The molecule has 0 aliphatic carbocycles. The summed E-state index contributed by atoms with van der Waals surface area (Å²) in [5.41, 5.74) is 0.856. The molecule has 0 N–H and O–H groups in total. The van der Waals surface area contributed by atoms with Gasteiger partial charge in [-0.1, -0.05) is 32.9 Å². The van der Waals surface area contributed by atoms with Gasteiger partial charge in [-0.3, -0.25) is 9.59 Å². The summed E-state index contributed by atoms with van der Waals surface area (Å²) in [5, 5.41) is 0. The van der Waals surface area contributed by atoms with Crippen molar-refractivity contribution in [3.63, 3.8) is 0 Å². The molecule has 5 heteroatoms. The van der Waals surface area contributed by atoms with Crippen LogP contribution in [0, 0.1) is 17.2 Å². The Kier molecular flexibility index (Phi) is 5.35. The van der Waals surface area contributed by atoms with Crippen molar-refractivity contribution >= 4 is 11.8 Å². The summed E-state index contributed by atoms with van der Waals surface area (Å²) in [6.45, 7) is 8.75. The van der Waals surface area contributed by atoms with E-state index in [1.807, 2.05) is 30.6 Å². The van der Waals surface area contributed by atoms with Gasteiger partial charge in [-0.05, 0) is 36.0 Å². The van der Waals surface area contributed by atoms with Gasteiger partial charge in [0.25, 0.3) is 0 Å². The molecular formula is C21H29FN2O2. The molecule has 2 heterocycles. The lowest BCUT2D eigenvalue weighted by molar-refractivity contribution is -0.135. The Morgan fingerprint density at radius 1 is 1.04 bits per heavy atom. The number of rotatable bonds is 3. The minimum Gasteiger partial charge on any atom is -0.342 e. The van der Waals surface area contributed by atoms with Gasteiger partial charge in [0.2, 0.25) is 11.8 Å². The Labute approximate surface area is 155 Å². The first-order chi connectivity index (χ1) is 12.2. The number of hydrogen-bond acceptors (Lipinski definition) is 2. The van der Waals surface area contributed by atoms with Gasteiger partial charge in [0.1, 0.15) is 5.82 Å². The first-order valence-electron chi connectivity index (χ1n) is 9.57. The van der Waals surface area contributed by atoms with Crippen molar-refractivity contribution in [1.82, 2.24) is 9.80 Å². The lowest BCUT2D eigenvalue weighted by Crippen LogP contribution is -2.38. The second-order valence-electron chi connectivity index (χ2n) is 8.83. The van der Waals surface area contributed by atoms with E-state index in [1.54, 1.807) is 12.1 Å². The fourth-order valence-electron chi connectivity index (χ4n) is 4.04. The number of hydrogen-bond donors (Lipinski definition) is 0. The largest absolute Gasteiger partial charge is 0.342 e. The molecule has 0 unspecified atom stereocenters. The highest BCUT2D eigenvalue weighted by atomic mass is 19.1. The summed E-state index contributed by atoms with van der Waals surface area (Å²) in [7, 11) is 0. The molecule has 2 fully saturated rings. The van der Waals surface area contributed by atoms with Gasteiger partial charge >= 0.3 is 0 Å². The fraction of sp³-hybridized carbons (Fsp3) is 0.619. The molecule has 142 valence electrons. The second kappa shape index (κ2) is 7.37. The van der Waals surface area contributed by atoms with E-state index in [-0.39, 0.29) is 34.9 Å². The average Bonchev–Trinajstić information content (AvgIpc) is 3.23. The molecule has 4 nitrogen and oxygen atoms in total. The van der Waals surface area contributed by atoms with Crippen LogP contribution < -0.4 is 0 Å². The monoisotopic (exact) mass is 360 g/mol. The lowest BCUT2D eigenvalue weighted by Gasteiger charge is -2.24. The van der Waals surface area contributed by atoms with E-state index < -0.39 is 0 Å². The molecule has 26 heavy (non-hydrogen) atoms. The van der Waals surface area contributed by atoms with Crippen LogP contribution in [0.15, 0.2) is 24.3 Å². The van der Waals surface area contributed by atoms with E-state index in [0.717, 1.165) is 31.5 Å². The van der Waals surface area contributed by atoms with Crippen LogP contribution in [0.4, 0.5) is 4.39 Å². The van der Waals surface area contributed by atoms with Gasteiger partial charge in [-0.15, -0.1) is 0 Å². The Morgan fingerprint density at radius 2 is 1.65 bits per heavy atom. The van der Waals surface area contributed by atoms with Gasteiger partial charge in [-0.2, -0.15) is 0 Å². The van der Waals surface area contributed by atoms with Crippen LogP contribution in [-0.2, 0) is 9.59 Å². The molecule has 2 amide bonds. The number of benzene rings is 1. The van der Waals surface area contributed by atoms with Crippen molar-refractivity contribution in [2.45, 2.75) is 46.0 Å². The average molecular weight is 360 g/mol. The molecule has 2 aliphatic rings. The first kappa shape index (κ1) is 18.9. The predicted octanol–water partition coefficient (Wildman–Crippen LogP) is 3.43. The van der Waals surface area contributed by atoms with Crippen LogP contribution >= 0.6 is 0 Å². The maximum absolute atomic E-state index is 13.3. The standard InChI is InChI=1S/C21H29FN2O2/c1-21(2,3)12-19(25)24-13-17(15-6-8-16(22)9-7-15)18(14-24)20(26)23-10-4-5-11-23/h6-9,17-18H,4-5,10-14H2,1-3H3/t17-,18-/m0/s1. The molecule has 1 aromatic rings. The van der Waals surface area contributed by atoms with E-state index in [1.165, 1.54) is 12.1 Å². The quantitative estimate of drug-likeness (QED) is 0.829. The highest BCUT2D eigenvalue weighted by Crippen LogP contribution is 2.36. The normalized spacial score (nSPS) is 23.5. The minimum atomic E-state index is -0.283. The van der Waals surface area contributed by atoms with Crippen LogP contribution in [0.3, 0.4) is 0 Å². The highest BCUT2D eigenvalue weighted by Gasteiger charge is 2.42. The number of nitrogens with zero attached hydrogens (tertiary/aromatic N) is 2. The van der Waals surface area contributed by atoms with Crippen molar-refractivity contribution in [1.29, 1.82) is 0 Å². The Hall–Kier alpha value is -1.91. The van der Waals surface area contributed by atoms with E-state index in [4.69, 9.17) is 0 Å². The number of halogens is 1. The van der Waals surface area contributed by atoms with Crippen LogP contribution in [0.1, 0.15) is 51.5 Å². The third-order valence-electron chi connectivity index (χ3n) is 5.39. The molecule has 2 saturated heterocycles. The van der Waals surface area contributed by atoms with E-state index in [9.17, 15) is 14.0 Å². The fourth-order valence-corrected chi connectivity index (χ4v) is 4.04. The van der Waals surface area contributed by atoms with Crippen molar-refractivity contribution < 1.29 is 14.0 Å². The van der Waals surface area contributed by atoms with E-state index in [0.29, 0.717) is 19.5 Å². The molecule has 0 bridgehead atoms. The van der Waals surface area contributed by atoms with Gasteiger partial charge in [0.15, 0.2) is 0 Å². The van der Waals surface area contributed by atoms with Gasteiger partial charge < -0.3 is 9.80 Å². The molecule has 2 aliphatic heterocycles. The highest BCUT2D eigenvalue weighted by molar-refractivity contribution is 5.83. The zero-order valence-electron chi connectivity index (χ0n) is 16.0. The van der Waals surface area contributed by atoms with Gasteiger partial charge in [0, 0.05) is 38.5 Å². The summed E-state index contributed by atoms with van der Waals surface area (Å²) in [6.07, 6.45) is 2.56. The van der Waals surface area contributed by atoms with Crippen LogP contribution in [-0.4, -0.2) is 47.8 Å². The number of likely N-dealkylation sites (tertiary alicyclic amines) is 2. The zero-order chi connectivity index (χ0) is 18.9. The summed E-state index contributed by atoms with van der Waals surface area (Å²) in [4.78, 5) is 29.5. The SMILES string of the molecule is CC(C)(C)CC(=O)N1C[C@H](C(=O)N2CCCC2)[C@H](c2ccc(F)cc2)C1. The van der Waals surface area contributed by atoms with E-state index in [2.05, 4.69) is 0 Å². The third kappa shape index (κ3) is 4.25. The van der Waals surface area contributed by atoms with Crippen LogP contribution in [0.5, 0.6) is 0 Å². The lowest BCUT2D eigenvalue weighted by atomic mass is 9.88. The van der Waals surface area contributed by atoms with Gasteiger partial charge in [-0.25, -0.2) is 4.39 Å². The maximum Gasteiger partial charge on any atom is 0.228 e. The molecule has 0 saturated carbocycles. The molecule has 0 spiro atoms. The summed E-state index contributed by atoms with van der Waals surface area (Å²) >= 11 is 0. The molecule has 3 rings (SSSR count). The van der Waals surface area contributed by atoms with Crippen LogP contribution in [0.25, 0.3) is 0 Å². The van der Waals surface area contributed by atoms with E-state index >= 15 is 0 Å². The third-order valence-corrected chi connectivity index (χ3v) is 5.39. The predicted molar refractivity (Wildman–Crippen MR) is 99.1 cm³/mol. The maximum atomic E-state index is 13.3. The topological polar surface area (TPSA) is 40.6 Å². The molecular weight excluding hydrogens is 331 g/mol.